The quantitative estimate of drug-likeness (QED) is 0.131. The first-order valence-corrected chi connectivity index (χ1v) is 21.0. The van der Waals surface area contributed by atoms with Gasteiger partial charge < -0.3 is 24.3 Å². The standard InChI is InChI=1S/C44H55N5O7S/c1-7-55-43(51)34-15-13-11-9-8-10-12-14-22-48(25-30-16-18-31(53-5)19-17-30)44(52)49-26-32(23-37(49)41(50)46-34)56-39-24-35(42-47-36(27-57-42)28(2)3)45-40-29(4)38(54-6)21-20-33(39)40/h9,11,16-21,24,27-28,32,34,37H,7-8,10,12-15,22-23,25-26H2,1-6H3,(H,46,50)/p+1. The highest BCUT2D eigenvalue weighted by atomic mass is 32.1. The number of methoxy groups -OCH3 is 2. The second-order valence-electron chi connectivity index (χ2n) is 15.1. The molecule has 1 fully saturated rings. The minimum atomic E-state index is -0.847. The van der Waals surface area contributed by atoms with Crippen LogP contribution in [0, 0.1) is 6.92 Å². The Bertz CT molecular complexity index is 2050. The number of allylic oxidation sites excluding steroid dienone is 2. The van der Waals surface area contributed by atoms with Crippen LogP contribution in [0.4, 0.5) is 4.79 Å². The Hall–Kier alpha value is -5.01. The molecule has 57 heavy (non-hydrogen) atoms. The van der Waals surface area contributed by atoms with Crippen LogP contribution in [0.25, 0.3) is 21.6 Å². The summed E-state index contributed by atoms with van der Waals surface area (Å²) in [4.78, 5) is 54.6. The van der Waals surface area contributed by atoms with Crippen LogP contribution in [0.2, 0.25) is 0 Å². The summed E-state index contributed by atoms with van der Waals surface area (Å²) >= 11 is 1.53. The van der Waals surface area contributed by atoms with Crippen LogP contribution in [-0.2, 0) is 20.9 Å². The zero-order valence-electron chi connectivity index (χ0n) is 34.0. The van der Waals surface area contributed by atoms with Gasteiger partial charge in [-0.15, -0.1) is 11.3 Å². The van der Waals surface area contributed by atoms with Crippen molar-refractivity contribution < 1.29 is 38.2 Å². The molecule has 0 spiro atoms. The van der Waals surface area contributed by atoms with E-state index in [1.165, 1.54) is 11.3 Å². The van der Waals surface area contributed by atoms with Crippen LogP contribution >= 0.6 is 11.3 Å². The molecule has 2 aliphatic heterocycles. The lowest BCUT2D eigenvalue weighted by molar-refractivity contribution is -0.824. The zero-order valence-corrected chi connectivity index (χ0v) is 34.8. The van der Waals surface area contributed by atoms with Crippen LogP contribution in [0.5, 0.6) is 17.2 Å². The van der Waals surface area contributed by atoms with Crippen LogP contribution in [-0.4, -0.2) is 84.9 Å². The van der Waals surface area contributed by atoms with E-state index < -0.39 is 24.2 Å². The minimum Gasteiger partial charge on any atom is -0.497 e. The minimum absolute atomic E-state index is 0.179. The van der Waals surface area contributed by atoms with Gasteiger partial charge in [0.05, 0.1) is 45.0 Å². The second kappa shape index (κ2) is 19.4. The Kier molecular flexibility index (Phi) is 14.2. The van der Waals surface area contributed by atoms with Gasteiger partial charge in [-0.2, -0.15) is 0 Å². The van der Waals surface area contributed by atoms with E-state index in [0.29, 0.717) is 48.0 Å². The summed E-state index contributed by atoms with van der Waals surface area (Å²) in [6, 6.07) is 11.6. The monoisotopic (exact) mass is 798 g/mol. The number of aromatic nitrogens is 2. The fourth-order valence-electron chi connectivity index (χ4n) is 7.53. The number of ether oxygens (including phenoxy) is 4. The van der Waals surface area contributed by atoms with Gasteiger partial charge in [-0.3, -0.25) is 9.69 Å². The number of carbonyl (C=O) groups excluding carboxylic acids is 3. The van der Waals surface area contributed by atoms with Crippen LogP contribution in [0.1, 0.15) is 88.5 Å². The maximum absolute atomic E-state index is 14.8. The summed E-state index contributed by atoms with van der Waals surface area (Å²) in [5.74, 6) is 1.43. The predicted octanol–water partition coefficient (Wildman–Crippen LogP) is 6.79. The van der Waals surface area contributed by atoms with Crippen molar-refractivity contribution >= 4 is 40.1 Å². The van der Waals surface area contributed by atoms with Gasteiger partial charge in [0.2, 0.25) is 0 Å². The van der Waals surface area contributed by atoms with Gasteiger partial charge >= 0.3 is 12.0 Å². The number of urea groups is 1. The van der Waals surface area contributed by atoms with Gasteiger partial charge in [-0.1, -0.05) is 44.6 Å². The number of amides is 3. The lowest BCUT2D eigenvalue weighted by Crippen LogP contribution is -3.19. The highest BCUT2D eigenvalue weighted by molar-refractivity contribution is 7.13. The number of aryl methyl sites for hydroxylation is 1. The molecular formula is C44H56N5O7S+. The summed E-state index contributed by atoms with van der Waals surface area (Å²) in [6.45, 7) is 9.29. The van der Waals surface area contributed by atoms with Gasteiger partial charge in [-0.25, -0.2) is 24.5 Å². The summed E-state index contributed by atoms with van der Waals surface area (Å²) in [7, 11) is 3.26. The van der Waals surface area contributed by atoms with Crippen molar-refractivity contribution in [2.45, 2.75) is 103 Å². The summed E-state index contributed by atoms with van der Waals surface area (Å²) in [5.41, 5.74) is 4.21. The topological polar surface area (TPSA) is 134 Å². The van der Waals surface area contributed by atoms with Crippen molar-refractivity contribution in [2.75, 3.05) is 33.9 Å². The zero-order chi connectivity index (χ0) is 40.5. The highest BCUT2D eigenvalue weighted by Crippen LogP contribution is 2.37. The molecule has 12 nitrogen and oxygen atoms in total. The number of quaternary nitrogens is 1. The number of hydrogen-bond donors (Lipinski definition) is 2. The van der Waals surface area contributed by atoms with E-state index in [1.54, 1.807) is 21.1 Å². The largest absolute Gasteiger partial charge is 0.497 e. The number of thiazole rings is 1. The summed E-state index contributed by atoms with van der Waals surface area (Å²) in [5, 5.41) is 6.61. The van der Waals surface area contributed by atoms with Crippen molar-refractivity contribution in [3.05, 3.63) is 76.8 Å². The molecule has 2 aromatic heterocycles. The normalized spacial score (nSPS) is 21.0. The number of carbonyl (C=O) groups is 3. The number of esters is 1. The molecule has 0 bridgehead atoms. The molecule has 2 aliphatic rings. The molecule has 4 atom stereocenters. The maximum atomic E-state index is 14.8. The molecule has 4 aromatic rings. The molecule has 2 N–H and O–H groups in total. The van der Waals surface area contributed by atoms with E-state index in [-0.39, 0.29) is 37.4 Å². The first-order valence-electron chi connectivity index (χ1n) is 20.1. The number of nitrogens with zero attached hydrogens (tertiary/aromatic N) is 3. The van der Waals surface area contributed by atoms with Gasteiger partial charge in [0, 0.05) is 28.9 Å². The number of benzene rings is 2. The molecule has 304 valence electrons. The SMILES string of the molecule is CCOC(=O)C1CCC=CCCCCCN(Cc2ccc(OC)cc2)C(=O)[NH+]2CC(Oc3cc(-c4nc(C(C)C)cs4)nc4c(C)c(OC)ccc34)CC2C(=O)N1. The van der Waals surface area contributed by atoms with Crippen molar-refractivity contribution in [3.63, 3.8) is 0 Å². The van der Waals surface area contributed by atoms with E-state index in [2.05, 4.69) is 36.7 Å². The van der Waals surface area contributed by atoms with E-state index in [0.717, 1.165) is 64.2 Å². The molecule has 1 saturated heterocycles. The highest BCUT2D eigenvalue weighted by Gasteiger charge is 2.48. The lowest BCUT2D eigenvalue weighted by Gasteiger charge is -2.28. The third-order valence-corrected chi connectivity index (χ3v) is 11.6. The Morgan fingerprint density at radius 2 is 1.79 bits per heavy atom. The van der Waals surface area contributed by atoms with Crippen LogP contribution in [0.15, 0.2) is 60.0 Å². The first-order chi connectivity index (χ1) is 27.6. The molecular weight excluding hydrogens is 743 g/mol. The maximum Gasteiger partial charge on any atom is 0.418 e. The van der Waals surface area contributed by atoms with Gasteiger partial charge in [0.1, 0.15) is 40.5 Å². The number of rotatable bonds is 10. The van der Waals surface area contributed by atoms with Crippen molar-refractivity contribution in [3.8, 4) is 28.0 Å². The van der Waals surface area contributed by atoms with Gasteiger partial charge in [0.25, 0.3) is 5.91 Å². The van der Waals surface area contributed by atoms with Crippen molar-refractivity contribution in [2.24, 2.45) is 0 Å². The third kappa shape index (κ3) is 10.1. The molecule has 4 heterocycles. The Morgan fingerprint density at radius 1 is 1.00 bits per heavy atom. The first kappa shape index (κ1) is 41.6. The van der Waals surface area contributed by atoms with E-state index in [1.807, 2.05) is 54.3 Å². The van der Waals surface area contributed by atoms with Crippen molar-refractivity contribution in [1.82, 2.24) is 20.2 Å². The number of hydrogen-bond acceptors (Lipinski definition) is 10. The third-order valence-electron chi connectivity index (χ3n) is 10.7. The van der Waals surface area contributed by atoms with Crippen molar-refractivity contribution in [1.29, 1.82) is 0 Å². The summed E-state index contributed by atoms with van der Waals surface area (Å²) < 4.78 is 23.3. The van der Waals surface area contributed by atoms with E-state index in [4.69, 9.17) is 28.9 Å². The lowest BCUT2D eigenvalue weighted by atomic mass is 10.1. The molecule has 0 aliphatic carbocycles. The molecule has 3 amide bonds. The van der Waals surface area contributed by atoms with Crippen LogP contribution in [0.3, 0.4) is 0 Å². The Morgan fingerprint density at radius 3 is 2.51 bits per heavy atom. The van der Waals surface area contributed by atoms with E-state index in [9.17, 15) is 14.4 Å². The molecule has 0 radical (unpaired) electrons. The Balaban J connectivity index is 1.37. The van der Waals surface area contributed by atoms with Crippen LogP contribution < -0.4 is 24.4 Å². The fraction of sp³-hybridized carbons (Fsp3) is 0.477. The number of nitrogens with one attached hydrogen (secondary N) is 2. The smallest absolute Gasteiger partial charge is 0.418 e. The number of fused-ring (bicyclic) bond motifs is 2. The second-order valence-corrected chi connectivity index (χ2v) is 15.9. The average Bonchev–Trinajstić information content (AvgIpc) is 3.88. The predicted molar refractivity (Wildman–Crippen MR) is 221 cm³/mol. The molecule has 0 saturated carbocycles. The molecule has 13 heteroatoms. The van der Waals surface area contributed by atoms with E-state index >= 15 is 0 Å². The fourth-order valence-corrected chi connectivity index (χ4v) is 8.48. The molecule has 6 rings (SSSR count). The average molecular weight is 799 g/mol. The number of pyridine rings is 1. The molecule has 4 unspecified atom stereocenters. The van der Waals surface area contributed by atoms with Gasteiger partial charge in [-0.05, 0) is 81.7 Å². The van der Waals surface area contributed by atoms with Gasteiger partial charge in [0.15, 0.2) is 12.1 Å². The Labute approximate surface area is 339 Å². The summed E-state index contributed by atoms with van der Waals surface area (Å²) in [6.07, 6.45) is 8.61. The molecule has 2 aromatic carbocycles.